The Kier molecular flexibility index (Phi) is 3.63. The van der Waals surface area contributed by atoms with Crippen LogP contribution in [-0.4, -0.2) is 32.1 Å². The molecule has 1 fully saturated rings. The van der Waals surface area contributed by atoms with Crippen molar-refractivity contribution in [1.82, 2.24) is 4.90 Å². The fraction of sp³-hybridized carbons (Fsp3) is 0.400. The van der Waals surface area contributed by atoms with E-state index in [0.29, 0.717) is 0 Å². The smallest absolute Gasteiger partial charge is 0.119 e. The highest BCUT2D eigenvalue weighted by Crippen LogP contribution is 2.52. The highest BCUT2D eigenvalue weighted by atomic mass is 16.5. The third-order valence-corrected chi connectivity index (χ3v) is 5.27. The number of fused-ring (bicyclic) bond motifs is 2. The van der Waals surface area contributed by atoms with Crippen LogP contribution in [0, 0.1) is 0 Å². The molecular formula is C20H23NO2. The van der Waals surface area contributed by atoms with Crippen LogP contribution in [0.25, 0.3) is 0 Å². The lowest BCUT2D eigenvalue weighted by molar-refractivity contribution is -0.0941. The van der Waals surface area contributed by atoms with Gasteiger partial charge in [0.1, 0.15) is 11.9 Å². The molecule has 2 aromatic rings. The number of methoxy groups -OCH3 is 1. The highest BCUT2D eigenvalue weighted by Gasteiger charge is 2.46. The molecule has 2 aromatic carbocycles. The zero-order valence-electron chi connectivity index (χ0n) is 13.8. The summed E-state index contributed by atoms with van der Waals surface area (Å²) in [6, 6.07) is 17.0. The van der Waals surface area contributed by atoms with Gasteiger partial charge in [-0.2, -0.15) is 0 Å². The van der Waals surface area contributed by atoms with Gasteiger partial charge in [-0.25, -0.2) is 0 Å². The Bertz CT molecular complexity index is 690. The molecule has 0 saturated carbocycles. The van der Waals surface area contributed by atoms with Crippen LogP contribution in [0.4, 0.5) is 0 Å². The Balaban J connectivity index is 1.80. The normalized spacial score (nSPS) is 23.0. The molecule has 1 saturated heterocycles. The SMILES string of the molecule is COc1ccc2c(c1)[C@H](c1ccccc1)OC21CCN(C)CC1. The van der Waals surface area contributed by atoms with Gasteiger partial charge >= 0.3 is 0 Å². The van der Waals surface area contributed by atoms with Crippen LogP contribution in [0.15, 0.2) is 48.5 Å². The highest BCUT2D eigenvalue weighted by molar-refractivity contribution is 5.47. The van der Waals surface area contributed by atoms with E-state index < -0.39 is 0 Å². The van der Waals surface area contributed by atoms with Gasteiger partial charge in [0, 0.05) is 13.1 Å². The van der Waals surface area contributed by atoms with E-state index in [-0.39, 0.29) is 11.7 Å². The maximum absolute atomic E-state index is 6.71. The van der Waals surface area contributed by atoms with Crippen molar-refractivity contribution < 1.29 is 9.47 Å². The first-order valence-corrected chi connectivity index (χ1v) is 8.32. The molecule has 0 aliphatic carbocycles. The second-order valence-electron chi connectivity index (χ2n) is 6.66. The second-order valence-corrected chi connectivity index (χ2v) is 6.66. The molecule has 4 rings (SSSR count). The van der Waals surface area contributed by atoms with Gasteiger partial charge in [0.25, 0.3) is 0 Å². The van der Waals surface area contributed by atoms with E-state index >= 15 is 0 Å². The van der Waals surface area contributed by atoms with Crippen molar-refractivity contribution in [2.45, 2.75) is 24.5 Å². The Hall–Kier alpha value is -1.84. The molecule has 3 nitrogen and oxygen atoms in total. The molecule has 0 N–H and O–H groups in total. The number of rotatable bonds is 2. The molecule has 3 heteroatoms. The molecule has 23 heavy (non-hydrogen) atoms. The summed E-state index contributed by atoms with van der Waals surface area (Å²) in [7, 11) is 3.91. The van der Waals surface area contributed by atoms with E-state index in [1.54, 1.807) is 7.11 Å². The van der Waals surface area contributed by atoms with Gasteiger partial charge in [-0.05, 0) is 48.7 Å². The van der Waals surface area contributed by atoms with Crippen molar-refractivity contribution in [3.63, 3.8) is 0 Å². The van der Waals surface area contributed by atoms with Crippen LogP contribution in [0.1, 0.15) is 35.6 Å². The largest absolute Gasteiger partial charge is 0.497 e. The molecule has 1 atom stereocenters. The monoisotopic (exact) mass is 309 g/mol. The molecule has 0 amide bonds. The summed E-state index contributed by atoms with van der Waals surface area (Å²) in [6.45, 7) is 2.15. The van der Waals surface area contributed by atoms with E-state index in [1.807, 2.05) is 0 Å². The van der Waals surface area contributed by atoms with Gasteiger partial charge in [0.05, 0.1) is 12.7 Å². The number of hydrogen-bond donors (Lipinski definition) is 0. The molecule has 0 radical (unpaired) electrons. The molecule has 0 unspecified atom stereocenters. The zero-order chi connectivity index (χ0) is 15.9. The van der Waals surface area contributed by atoms with Gasteiger partial charge in [0.15, 0.2) is 0 Å². The van der Waals surface area contributed by atoms with Gasteiger partial charge in [-0.15, -0.1) is 0 Å². The van der Waals surface area contributed by atoms with E-state index in [2.05, 4.69) is 60.5 Å². The van der Waals surface area contributed by atoms with Crippen LogP contribution in [-0.2, 0) is 10.3 Å². The van der Waals surface area contributed by atoms with Crippen molar-refractivity contribution >= 4 is 0 Å². The van der Waals surface area contributed by atoms with Crippen molar-refractivity contribution in [2.75, 3.05) is 27.2 Å². The third kappa shape index (κ3) is 2.44. The van der Waals surface area contributed by atoms with E-state index in [1.165, 1.54) is 16.7 Å². The lowest BCUT2D eigenvalue weighted by atomic mass is 9.83. The Morgan fingerprint density at radius 2 is 1.83 bits per heavy atom. The standard InChI is InChI=1S/C20H23NO2/c1-21-12-10-20(11-13-21)18-9-8-16(22-2)14-17(18)19(23-20)15-6-4-3-5-7-15/h3-9,14,19H,10-13H2,1-2H3/t19-/m0/s1. The van der Waals surface area contributed by atoms with E-state index in [0.717, 1.165) is 31.7 Å². The summed E-state index contributed by atoms with van der Waals surface area (Å²) in [4.78, 5) is 2.38. The first kappa shape index (κ1) is 14.7. The maximum Gasteiger partial charge on any atom is 0.119 e. The lowest BCUT2D eigenvalue weighted by Crippen LogP contribution is -2.40. The van der Waals surface area contributed by atoms with Crippen LogP contribution in [0.3, 0.4) is 0 Å². The molecule has 2 aliphatic heterocycles. The number of ether oxygens (including phenoxy) is 2. The van der Waals surface area contributed by atoms with Crippen molar-refractivity contribution in [2.24, 2.45) is 0 Å². The first-order valence-electron chi connectivity index (χ1n) is 8.32. The van der Waals surface area contributed by atoms with Crippen molar-refractivity contribution in [3.05, 3.63) is 65.2 Å². The molecule has 1 spiro atoms. The predicted molar refractivity (Wildman–Crippen MR) is 90.8 cm³/mol. The molecule has 120 valence electrons. The summed E-state index contributed by atoms with van der Waals surface area (Å²) in [6.07, 6.45) is 2.10. The predicted octanol–water partition coefficient (Wildman–Crippen LogP) is 3.74. The number of benzene rings is 2. The van der Waals surface area contributed by atoms with Crippen molar-refractivity contribution in [3.8, 4) is 5.75 Å². The topological polar surface area (TPSA) is 21.7 Å². The van der Waals surface area contributed by atoms with Crippen LogP contribution >= 0.6 is 0 Å². The molecule has 0 bridgehead atoms. The van der Waals surface area contributed by atoms with Gasteiger partial charge in [-0.1, -0.05) is 36.4 Å². The quantitative estimate of drug-likeness (QED) is 0.843. The number of hydrogen-bond acceptors (Lipinski definition) is 3. The summed E-state index contributed by atoms with van der Waals surface area (Å²) < 4.78 is 12.2. The molecule has 0 aromatic heterocycles. The number of nitrogens with zero attached hydrogens (tertiary/aromatic N) is 1. The van der Waals surface area contributed by atoms with Crippen LogP contribution < -0.4 is 4.74 Å². The average Bonchev–Trinajstić information content (AvgIpc) is 2.92. The van der Waals surface area contributed by atoms with Crippen LogP contribution in [0.5, 0.6) is 5.75 Å². The Morgan fingerprint density at radius 3 is 2.52 bits per heavy atom. The third-order valence-electron chi connectivity index (χ3n) is 5.27. The summed E-state index contributed by atoms with van der Waals surface area (Å²) >= 11 is 0. The second kappa shape index (κ2) is 5.66. The fourth-order valence-electron chi connectivity index (χ4n) is 3.89. The zero-order valence-corrected chi connectivity index (χ0v) is 13.8. The van der Waals surface area contributed by atoms with Gasteiger partial charge < -0.3 is 14.4 Å². The minimum Gasteiger partial charge on any atom is -0.497 e. The minimum absolute atomic E-state index is 0.00436. The number of piperidine rings is 1. The first-order chi connectivity index (χ1) is 11.2. The Morgan fingerprint density at radius 1 is 1.09 bits per heavy atom. The van der Waals surface area contributed by atoms with E-state index in [9.17, 15) is 0 Å². The van der Waals surface area contributed by atoms with Gasteiger partial charge in [-0.3, -0.25) is 0 Å². The fourth-order valence-corrected chi connectivity index (χ4v) is 3.89. The summed E-state index contributed by atoms with van der Waals surface area (Å²) in [5.74, 6) is 0.901. The van der Waals surface area contributed by atoms with Crippen molar-refractivity contribution in [1.29, 1.82) is 0 Å². The van der Waals surface area contributed by atoms with Gasteiger partial charge in [0.2, 0.25) is 0 Å². The average molecular weight is 309 g/mol. The molecular weight excluding hydrogens is 286 g/mol. The molecule has 2 aliphatic rings. The molecule has 2 heterocycles. The number of likely N-dealkylation sites (tertiary alicyclic amines) is 1. The van der Waals surface area contributed by atoms with Crippen LogP contribution in [0.2, 0.25) is 0 Å². The minimum atomic E-state index is -0.144. The summed E-state index contributed by atoms with van der Waals surface area (Å²) in [5.41, 5.74) is 3.69. The lowest BCUT2D eigenvalue weighted by Gasteiger charge is -2.38. The Labute approximate surface area is 137 Å². The van der Waals surface area contributed by atoms with E-state index in [4.69, 9.17) is 9.47 Å². The summed E-state index contributed by atoms with van der Waals surface area (Å²) in [5, 5.41) is 0. The maximum atomic E-state index is 6.71.